The molecule has 1 aromatic rings. The van der Waals surface area contributed by atoms with E-state index in [0.717, 1.165) is 37.4 Å². The van der Waals surface area contributed by atoms with Crippen molar-refractivity contribution in [2.45, 2.75) is 57.6 Å². The number of ether oxygens (including phenoxy) is 1. The van der Waals surface area contributed by atoms with Crippen LogP contribution in [0.1, 0.15) is 56.8 Å². The Balaban J connectivity index is 2.21. The first-order valence-electron chi connectivity index (χ1n) is 7.41. The molecule has 1 aliphatic carbocycles. The predicted molar refractivity (Wildman–Crippen MR) is 75.8 cm³/mol. The standard InChI is InChI=1S/C15H25N3O/c1-3-19-15(8-6-4-5-7-9-15)14-17-11-13(10-16-2)12-18-14/h11-12,16H,3-10H2,1-2H3. The smallest absolute Gasteiger partial charge is 0.160 e. The number of hydrogen-bond donors (Lipinski definition) is 1. The van der Waals surface area contributed by atoms with Crippen molar-refractivity contribution in [2.24, 2.45) is 0 Å². The average molecular weight is 263 g/mol. The summed E-state index contributed by atoms with van der Waals surface area (Å²) < 4.78 is 6.10. The number of nitrogens with one attached hydrogen (secondary N) is 1. The summed E-state index contributed by atoms with van der Waals surface area (Å²) in [6.07, 6.45) is 11.0. The molecule has 1 heterocycles. The molecule has 2 rings (SSSR count). The lowest BCUT2D eigenvalue weighted by atomic mass is 9.93. The van der Waals surface area contributed by atoms with Gasteiger partial charge in [-0.1, -0.05) is 25.7 Å². The maximum absolute atomic E-state index is 6.10. The summed E-state index contributed by atoms with van der Waals surface area (Å²) in [5.74, 6) is 0.871. The van der Waals surface area contributed by atoms with Gasteiger partial charge in [-0.3, -0.25) is 0 Å². The Morgan fingerprint density at radius 3 is 2.32 bits per heavy atom. The first-order valence-corrected chi connectivity index (χ1v) is 7.41. The van der Waals surface area contributed by atoms with Crippen LogP contribution >= 0.6 is 0 Å². The van der Waals surface area contributed by atoms with Gasteiger partial charge in [0.2, 0.25) is 0 Å². The van der Waals surface area contributed by atoms with Gasteiger partial charge in [-0.05, 0) is 26.8 Å². The van der Waals surface area contributed by atoms with Crippen LogP contribution in [0.3, 0.4) is 0 Å². The summed E-state index contributed by atoms with van der Waals surface area (Å²) in [6, 6.07) is 0. The van der Waals surface area contributed by atoms with Gasteiger partial charge in [0.05, 0.1) is 0 Å². The van der Waals surface area contributed by atoms with E-state index in [-0.39, 0.29) is 5.60 Å². The largest absolute Gasteiger partial charge is 0.367 e. The van der Waals surface area contributed by atoms with E-state index >= 15 is 0 Å². The van der Waals surface area contributed by atoms with Gasteiger partial charge >= 0.3 is 0 Å². The van der Waals surface area contributed by atoms with Gasteiger partial charge in [0.1, 0.15) is 5.60 Å². The van der Waals surface area contributed by atoms with Crippen molar-refractivity contribution in [3.8, 4) is 0 Å². The lowest BCUT2D eigenvalue weighted by Gasteiger charge is -2.31. The lowest BCUT2D eigenvalue weighted by molar-refractivity contribution is -0.0624. The summed E-state index contributed by atoms with van der Waals surface area (Å²) >= 11 is 0. The van der Waals surface area contributed by atoms with Gasteiger partial charge in [-0.2, -0.15) is 0 Å². The summed E-state index contributed by atoms with van der Waals surface area (Å²) in [6.45, 7) is 3.59. The number of rotatable bonds is 5. The van der Waals surface area contributed by atoms with Gasteiger partial charge in [0, 0.05) is 31.1 Å². The minimum Gasteiger partial charge on any atom is -0.367 e. The number of aromatic nitrogens is 2. The molecule has 0 atom stereocenters. The molecule has 1 fully saturated rings. The second-order valence-corrected chi connectivity index (χ2v) is 5.29. The van der Waals surface area contributed by atoms with Crippen molar-refractivity contribution < 1.29 is 4.74 Å². The first-order chi connectivity index (χ1) is 9.30. The van der Waals surface area contributed by atoms with Gasteiger partial charge in [0.25, 0.3) is 0 Å². The van der Waals surface area contributed by atoms with E-state index in [0.29, 0.717) is 0 Å². The highest BCUT2D eigenvalue weighted by Gasteiger charge is 2.36. The van der Waals surface area contributed by atoms with Crippen molar-refractivity contribution in [2.75, 3.05) is 13.7 Å². The van der Waals surface area contributed by atoms with E-state index < -0.39 is 0 Å². The SMILES string of the molecule is CCOC1(c2ncc(CNC)cn2)CCCCCC1. The van der Waals surface area contributed by atoms with Crippen LogP contribution in [0.4, 0.5) is 0 Å². The Bertz CT molecular complexity index is 369. The minimum absolute atomic E-state index is 0.247. The molecule has 4 nitrogen and oxygen atoms in total. The molecule has 0 aliphatic heterocycles. The predicted octanol–water partition coefficient (Wildman–Crippen LogP) is 2.78. The van der Waals surface area contributed by atoms with Crippen LogP contribution < -0.4 is 5.32 Å². The van der Waals surface area contributed by atoms with Crippen LogP contribution in [-0.4, -0.2) is 23.6 Å². The topological polar surface area (TPSA) is 47.0 Å². The van der Waals surface area contributed by atoms with Crippen LogP contribution in [0.25, 0.3) is 0 Å². The van der Waals surface area contributed by atoms with E-state index in [1.54, 1.807) is 0 Å². The van der Waals surface area contributed by atoms with E-state index in [9.17, 15) is 0 Å². The number of hydrogen-bond acceptors (Lipinski definition) is 4. The molecule has 1 saturated carbocycles. The molecule has 1 aliphatic rings. The zero-order valence-corrected chi connectivity index (χ0v) is 12.1. The van der Waals surface area contributed by atoms with Crippen molar-refractivity contribution in [3.05, 3.63) is 23.8 Å². The van der Waals surface area contributed by atoms with Crippen molar-refractivity contribution in [3.63, 3.8) is 0 Å². The van der Waals surface area contributed by atoms with Crippen LogP contribution in [0.2, 0.25) is 0 Å². The van der Waals surface area contributed by atoms with Crippen molar-refractivity contribution in [1.29, 1.82) is 0 Å². The molecule has 0 saturated heterocycles. The maximum atomic E-state index is 6.10. The summed E-state index contributed by atoms with van der Waals surface area (Å²) in [4.78, 5) is 9.15. The van der Waals surface area contributed by atoms with E-state index in [1.807, 2.05) is 19.4 Å². The third-order valence-corrected chi connectivity index (χ3v) is 3.83. The summed E-state index contributed by atoms with van der Waals surface area (Å²) in [7, 11) is 1.93. The van der Waals surface area contributed by atoms with Crippen molar-refractivity contribution >= 4 is 0 Å². The molecule has 106 valence electrons. The second-order valence-electron chi connectivity index (χ2n) is 5.29. The molecule has 0 amide bonds. The molecular weight excluding hydrogens is 238 g/mol. The zero-order valence-electron chi connectivity index (χ0n) is 12.1. The molecule has 1 N–H and O–H groups in total. The fraction of sp³-hybridized carbons (Fsp3) is 0.733. The Kier molecular flexibility index (Phi) is 5.28. The third kappa shape index (κ3) is 3.51. The fourth-order valence-electron chi connectivity index (χ4n) is 2.89. The van der Waals surface area contributed by atoms with Crippen LogP contribution in [0.15, 0.2) is 12.4 Å². The maximum Gasteiger partial charge on any atom is 0.160 e. The lowest BCUT2D eigenvalue weighted by Crippen LogP contribution is -2.31. The first kappa shape index (κ1) is 14.4. The molecule has 0 aromatic carbocycles. The monoisotopic (exact) mass is 263 g/mol. The highest BCUT2D eigenvalue weighted by atomic mass is 16.5. The van der Waals surface area contributed by atoms with Crippen LogP contribution in [-0.2, 0) is 16.9 Å². The Morgan fingerprint density at radius 1 is 1.16 bits per heavy atom. The second kappa shape index (κ2) is 6.96. The molecule has 0 bridgehead atoms. The molecule has 1 aromatic heterocycles. The van der Waals surface area contributed by atoms with Crippen LogP contribution in [0.5, 0.6) is 0 Å². The molecule has 19 heavy (non-hydrogen) atoms. The molecule has 0 spiro atoms. The van der Waals surface area contributed by atoms with Gasteiger partial charge < -0.3 is 10.1 Å². The normalized spacial score (nSPS) is 19.1. The highest BCUT2D eigenvalue weighted by Crippen LogP contribution is 2.37. The molecule has 4 heteroatoms. The van der Waals surface area contributed by atoms with E-state index in [2.05, 4.69) is 22.2 Å². The summed E-state index contributed by atoms with van der Waals surface area (Å²) in [5.41, 5.74) is 0.871. The molecule has 0 unspecified atom stereocenters. The summed E-state index contributed by atoms with van der Waals surface area (Å²) in [5, 5.41) is 3.12. The molecule has 0 radical (unpaired) electrons. The number of nitrogens with zero attached hydrogens (tertiary/aromatic N) is 2. The van der Waals surface area contributed by atoms with Gasteiger partial charge in [-0.15, -0.1) is 0 Å². The quantitative estimate of drug-likeness (QED) is 0.830. The minimum atomic E-state index is -0.247. The molecular formula is C15H25N3O. The highest BCUT2D eigenvalue weighted by molar-refractivity contribution is 5.10. The Hall–Kier alpha value is -1.00. The van der Waals surface area contributed by atoms with E-state index in [1.165, 1.54) is 25.7 Å². The van der Waals surface area contributed by atoms with Crippen LogP contribution in [0, 0.1) is 0 Å². The zero-order chi connectivity index (χ0) is 13.6. The van der Waals surface area contributed by atoms with E-state index in [4.69, 9.17) is 4.74 Å². The van der Waals surface area contributed by atoms with Gasteiger partial charge in [0.15, 0.2) is 5.82 Å². The third-order valence-electron chi connectivity index (χ3n) is 3.83. The Labute approximate surface area is 116 Å². The van der Waals surface area contributed by atoms with Gasteiger partial charge in [-0.25, -0.2) is 9.97 Å². The fourth-order valence-corrected chi connectivity index (χ4v) is 2.89. The Morgan fingerprint density at radius 2 is 1.79 bits per heavy atom. The average Bonchev–Trinajstić information content (AvgIpc) is 2.67. The van der Waals surface area contributed by atoms with Crippen molar-refractivity contribution in [1.82, 2.24) is 15.3 Å².